The Kier molecular flexibility index (Phi) is 3.23. The minimum Gasteiger partial charge on any atom is -0.341 e. The highest BCUT2D eigenvalue weighted by atomic mass is 16.2. The van der Waals surface area contributed by atoms with E-state index in [0.29, 0.717) is 6.54 Å². The zero-order valence-corrected chi connectivity index (χ0v) is 8.95. The number of carbonyl (C=O) groups excluding carboxylic acids is 2. The van der Waals surface area contributed by atoms with Crippen LogP contribution in [0, 0.1) is 0 Å². The Labute approximate surface area is 90.2 Å². The van der Waals surface area contributed by atoms with Gasteiger partial charge in [0.2, 0.25) is 5.91 Å². The summed E-state index contributed by atoms with van der Waals surface area (Å²) in [4.78, 5) is 26.2. The highest BCUT2D eigenvalue weighted by Gasteiger charge is 2.32. The number of piperidine rings is 1. The predicted molar refractivity (Wildman–Crippen MR) is 55.9 cm³/mol. The molecule has 0 aromatic heterocycles. The van der Waals surface area contributed by atoms with Crippen LogP contribution in [-0.4, -0.2) is 47.8 Å². The number of likely N-dealkylation sites (tertiary alicyclic amines) is 2. The summed E-state index contributed by atoms with van der Waals surface area (Å²) in [5.74, 6) is 0.135. The molecule has 0 aliphatic carbocycles. The van der Waals surface area contributed by atoms with E-state index in [9.17, 15) is 9.59 Å². The SMILES string of the molecule is O=[C]N1CCCCC1C(=O)N1CCCC1. The van der Waals surface area contributed by atoms with Crippen molar-refractivity contribution in [3.8, 4) is 0 Å². The number of amides is 2. The number of hydrogen-bond donors (Lipinski definition) is 0. The van der Waals surface area contributed by atoms with Crippen LogP contribution in [0.1, 0.15) is 32.1 Å². The van der Waals surface area contributed by atoms with Gasteiger partial charge in [-0.15, -0.1) is 0 Å². The third-order valence-corrected chi connectivity index (χ3v) is 3.32. The molecule has 0 saturated carbocycles. The van der Waals surface area contributed by atoms with E-state index < -0.39 is 0 Å². The average molecular weight is 209 g/mol. The minimum atomic E-state index is -0.227. The van der Waals surface area contributed by atoms with E-state index in [4.69, 9.17) is 0 Å². The van der Waals surface area contributed by atoms with E-state index in [1.165, 1.54) is 0 Å². The molecule has 1 atom stereocenters. The predicted octanol–water partition coefficient (Wildman–Crippen LogP) is 0.530. The van der Waals surface area contributed by atoms with Crippen molar-refractivity contribution in [3.05, 3.63) is 0 Å². The first-order chi connectivity index (χ1) is 7.33. The summed E-state index contributed by atoms with van der Waals surface area (Å²) >= 11 is 0. The molecule has 2 saturated heterocycles. The largest absolute Gasteiger partial charge is 0.341 e. The van der Waals surface area contributed by atoms with Crippen LogP contribution >= 0.6 is 0 Å². The van der Waals surface area contributed by atoms with Crippen molar-refractivity contribution in [1.29, 1.82) is 0 Å². The Hall–Kier alpha value is -1.06. The molecule has 2 fully saturated rings. The number of rotatable bonds is 2. The van der Waals surface area contributed by atoms with Gasteiger partial charge in [0.1, 0.15) is 6.04 Å². The summed E-state index contributed by atoms with van der Waals surface area (Å²) in [6, 6.07) is -0.227. The number of nitrogens with zero attached hydrogens (tertiary/aromatic N) is 2. The summed E-state index contributed by atoms with van der Waals surface area (Å²) in [6.45, 7) is 2.41. The van der Waals surface area contributed by atoms with E-state index >= 15 is 0 Å². The van der Waals surface area contributed by atoms with E-state index in [1.807, 2.05) is 11.3 Å². The summed E-state index contributed by atoms with van der Waals surface area (Å²) in [7, 11) is 0. The maximum Gasteiger partial charge on any atom is 0.312 e. The van der Waals surface area contributed by atoms with E-state index in [0.717, 1.165) is 45.2 Å². The van der Waals surface area contributed by atoms with Crippen molar-refractivity contribution in [2.24, 2.45) is 0 Å². The molecule has 0 spiro atoms. The molecule has 15 heavy (non-hydrogen) atoms. The highest BCUT2D eigenvalue weighted by Crippen LogP contribution is 2.19. The Bertz CT molecular complexity index is 249. The lowest BCUT2D eigenvalue weighted by atomic mass is 10.0. The standard InChI is InChI=1S/C11H17N2O2/c14-9-13-8-2-1-5-10(13)11(15)12-6-3-4-7-12/h10H,1-8H2. The van der Waals surface area contributed by atoms with Gasteiger partial charge in [-0.2, -0.15) is 0 Å². The summed E-state index contributed by atoms with van der Waals surface area (Å²) in [5.41, 5.74) is 0. The fourth-order valence-corrected chi connectivity index (χ4v) is 2.45. The topological polar surface area (TPSA) is 40.6 Å². The molecule has 0 bridgehead atoms. The van der Waals surface area contributed by atoms with Gasteiger partial charge in [0.15, 0.2) is 0 Å². The Balaban J connectivity index is 1.99. The molecule has 4 nitrogen and oxygen atoms in total. The third kappa shape index (κ3) is 2.13. The molecule has 0 aromatic rings. The van der Waals surface area contributed by atoms with E-state index in [-0.39, 0.29) is 11.9 Å². The smallest absolute Gasteiger partial charge is 0.312 e. The Morgan fingerprint density at radius 1 is 1.07 bits per heavy atom. The second kappa shape index (κ2) is 4.64. The van der Waals surface area contributed by atoms with Crippen molar-refractivity contribution < 1.29 is 9.59 Å². The molecule has 0 aromatic carbocycles. The van der Waals surface area contributed by atoms with Gasteiger partial charge in [-0.05, 0) is 32.1 Å². The molecule has 2 aliphatic rings. The van der Waals surface area contributed by atoms with Gasteiger partial charge in [-0.25, -0.2) is 0 Å². The van der Waals surface area contributed by atoms with Gasteiger partial charge in [0, 0.05) is 19.6 Å². The van der Waals surface area contributed by atoms with Crippen LogP contribution in [0.5, 0.6) is 0 Å². The molecule has 0 N–H and O–H groups in total. The molecule has 2 heterocycles. The molecule has 83 valence electrons. The van der Waals surface area contributed by atoms with Gasteiger partial charge >= 0.3 is 6.41 Å². The quantitative estimate of drug-likeness (QED) is 0.665. The maximum atomic E-state index is 12.1. The van der Waals surface area contributed by atoms with E-state index in [1.54, 1.807) is 4.90 Å². The minimum absolute atomic E-state index is 0.135. The van der Waals surface area contributed by atoms with Gasteiger partial charge in [-0.3, -0.25) is 9.59 Å². The van der Waals surface area contributed by atoms with Crippen LogP contribution in [-0.2, 0) is 9.59 Å². The van der Waals surface area contributed by atoms with Crippen molar-refractivity contribution in [1.82, 2.24) is 9.80 Å². The van der Waals surface area contributed by atoms with E-state index in [2.05, 4.69) is 0 Å². The monoisotopic (exact) mass is 209 g/mol. The number of carbonyl (C=O) groups is 1. The summed E-state index contributed by atoms with van der Waals surface area (Å²) in [6.07, 6.45) is 6.95. The van der Waals surface area contributed by atoms with Crippen LogP contribution in [0.25, 0.3) is 0 Å². The number of hydrogen-bond acceptors (Lipinski definition) is 2. The molecular weight excluding hydrogens is 192 g/mol. The van der Waals surface area contributed by atoms with Crippen molar-refractivity contribution in [3.63, 3.8) is 0 Å². The highest BCUT2D eigenvalue weighted by molar-refractivity contribution is 5.84. The fraction of sp³-hybridized carbons (Fsp3) is 0.818. The van der Waals surface area contributed by atoms with Crippen molar-refractivity contribution in [2.45, 2.75) is 38.1 Å². The molecule has 2 aliphatic heterocycles. The zero-order valence-electron chi connectivity index (χ0n) is 8.95. The first kappa shape index (κ1) is 10.5. The Morgan fingerprint density at radius 3 is 2.40 bits per heavy atom. The molecular formula is C11H17N2O2. The van der Waals surface area contributed by atoms with Crippen molar-refractivity contribution >= 4 is 12.3 Å². The first-order valence-corrected chi connectivity index (χ1v) is 5.76. The van der Waals surface area contributed by atoms with Crippen LogP contribution in [0.4, 0.5) is 0 Å². The molecule has 2 rings (SSSR count). The van der Waals surface area contributed by atoms with Crippen molar-refractivity contribution in [2.75, 3.05) is 19.6 Å². The van der Waals surface area contributed by atoms with Crippen LogP contribution in [0.2, 0.25) is 0 Å². The lowest BCUT2D eigenvalue weighted by molar-refractivity contribution is -0.135. The van der Waals surface area contributed by atoms with Gasteiger partial charge in [0.05, 0.1) is 0 Å². The molecule has 1 radical (unpaired) electrons. The first-order valence-electron chi connectivity index (χ1n) is 5.76. The van der Waals surface area contributed by atoms with Crippen LogP contribution in [0.3, 0.4) is 0 Å². The summed E-state index contributed by atoms with van der Waals surface area (Å²) < 4.78 is 0. The average Bonchev–Trinajstić information content (AvgIpc) is 2.81. The van der Waals surface area contributed by atoms with Crippen LogP contribution in [0.15, 0.2) is 0 Å². The molecule has 2 amide bonds. The normalized spacial score (nSPS) is 26.8. The molecule has 1 unspecified atom stereocenters. The van der Waals surface area contributed by atoms with Gasteiger partial charge in [-0.1, -0.05) is 0 Å². The third-order valence-electron chi connectivity index (χ3n) is 3.32. The lowest BCUT2D eigenvalue weighted by Gasteiger charge is -2.33. The fourth-order valence-electron chi connectivity index (χ4n) is 2.45. The zero-order chi connectivity index (χ0) is 10.7. The second-order valence-electron chi connectivity index (χ2n) is 4.33. The Morgan fingerprint density at radius 2 is 1.73 bits per heavy atom. The van der Waals surface area contributed by atoms with Gasteiger partial charge in [0.25, 0.3) is 0 Å². The van der Waals surface area contributed by atoms with Gasteiger partial charge < -0.3 is 9.80 Å². The maximum absolute atomic E-state index is 12.1. The molecule has 4 heteroatoms. The second-order valence-corrected chi connectivity index (χ2v) is 4.33. The summed E-state index contributed by atoms with van der Waals surface area (Å²) in [5, 5.41) is 0. The van der Waals surface area contributed by atoms with Crippen LogP contribution < -0.4 is 0 Å². The lowest BCUT2D eigenvalue weighted by Crippen LogP contribution is -2.49.